The van der Waals surface area contributed by atoms with Crippen LogP contribution >= 0.6 is 0 Å². The van der Waals surface area contributed by atoms with Crippen LogP contribution in [0.25, 0.3) is 0 Å². The number of unbranched alkanes of at least 4 members (excludes halogenated alkanes) is 2. The van der Waals surface area contributed by atoms with Crippen LogP contribution in [0.3, 0.4) is 0 Å². The van der Waals surface area contributed by atoms with Gasteiger partial charge in [0.25, 0.3) is 11.7 Å². The minimum Gasteiger partial charge on any atom is -0.347 e. The van der Waals surface area contributed by atoms with Crippen molar-refractivity contribution in [3.05, 3.63) is 17.0 Å². The van der Waals surface area contributed by atoms with Crippen LogP contribution in [0.4, 0.5) is 0 Å². The van der Waals surface area contributed by atoms with Gasteiger partial charge in [-0.05, 0) is 27.2 Å². The van der Waals surface area contributed by atoms with Gasteiger partial charge in [-0.2, -0.15) is 5.10 Å². The molecule has 1 unspecified atom stereocenters. The molecular weight excluding hydrogens is 254 g/mol. The molecule has 1 heterocycles. The maximum Gasteiger partial charge on any atom is 0.292 e. The topological polar surface area (TPSA) is 64.0 Å². The Bertz CT molecular complexity index is 492. The van der Waals surface area contributed by atoms with Gasteiger partial charge in [0.05, 0.1) is 11.3 Å². The Hall–Kier alpha value is -1.65. The summed E-state index contributed by atoms with van der Waals surface area (Å²) in [6.07, 6.45) is 4.26. The Labute approximate surface area is 120 Å². The minimum absolute atomic E-state index is 0.0234. The second kappa shape index (κ2) is 7.22. The van der Waals surface area contributed by atoms with Crippen molar-refractivity contribution in [2.24, 2.45) is 7.05 Å². The van der Waals surface area contributed by atoms with E-state index >= 15 is 0 Å². The zero-order valence-electron chi connectivity index (χ0n) is 13.1. The minimum atomic E-state index is -0.534. The summed E-state index contributed by atoms with van der Waals surface area (Å²) in [5, 5.41) is 6.94. The smallest absolute Gasteiger partial charge is 0.292 e. The van der Waals surface area contributed by atoms with Gasteiger partial charge in [0, 0.05) is 18.8 Å². The Balaban J connectivity index is 2.65. The lowest BCUT2D eigenvalue weighted by atomic mass is 10.1. The third kappa shape index (κ3) is 3.92. The molecule has 0 saturated heterocycles. The van der Waals surface area contributed by atoms with E-state index in [1.807, 2.05) is 6.92 Å². The van der Waals surface area contributed by atoms with Gasteiger partial charge >= 0.3 is 0 Å². The molecule has 0 aliphatic rings. The molecule has 5 heteroatoms. The van der Waals surface area contributed by atoms with Crippen molar-refractivity contribution in [1.82, 2.24) is 15.1 Å². The summed E-state index contributed by atoms with van der Waals surface area (Å²) in [6.45, 7) is 7.62. The average Bonchev–Trinajstić information content (AvgIpc) is 2.62. The fraction of sp³-hybridized carbons (Fsp3) is 0.667. The summed E-state index contributed by atoms with van der Waals surface area (Å²) >= 11 is 0. The van der Waals surface area contributed by atoms with Crippen molar-refractivity contribution in [2.45, 2.75) is 59.4 Å². The molecule has 0 bridgehead atoms. The molecule has 0 aliphatic heterocycles. The van der Waals surface area contributed by atoms with Crippen LogP contribution in [0.2, 0.25) is 0 Å². The van der Waals surface area contributed by atoms with Crippen molar-refractivity contribution in [2.75, 3.05) is 0 Å². The molecule has 0 aliphatic carbocycles. The number of aromatic nitrogens is 2. The standard InChI is InChI=1S/C15H25N3O2/c1-6-7-8-9-10(2)16-15(20)14(19)13-11(3)17-18(5)12(13)4/h10H,6-9H2,1-5H3,(H,16,20). The van der Waals surface area contributed by atoms with E-state index in [0.29, 0.717) is 11.3 Å². The molecule has 20 heavy (non-hydrogen) atoms. The molecule has 1 N–H and O–H groups in total. The highest BCUT2D eigenvalue weighted by Gasteiger charge is 2.24. The lowest BCUT2D eigenvalue weighted by molar-refractivity contribution is -0.117. The Morgan fingerprint density at radius 2 is 1.95 bits per heavy atom. The van der Waals surface area contributed by atoms with Crippen LogP contribution in [0.5, 0.6) is 0 Å². The van der Waals surface area contributed by atoms with E-state index in [1.54, 1.807) is 25.6 Å². The van der Waals surface area contributed by atoms with E-state index in [9.17, 15) is 9.59 Å². The number of nitrogens with zero attached hydrogens (tertiary/aromatic N) is 2. The van der Waals surface area contributed by atoms with Crippen LogP contribution in [0, 0.1) is 13.8 Å². The number of Topliss-reactive ketones (excluding diaryl/α,β-unsaturated/α-hetero) is 1. The molecule has 1 aromatic heterocycles. The molecule has 1 atom stereocenters. The van der Waals surface area contributed by atoms with E-state index in [4.69, 9.17) is 0 Å². The number of carbonyl (C=O) groups is 2. The molecule has 0 radical (unpaired) electrons. The van der Waals surface area contributed by atoms with Crippen LogP contribution in [-0.4, -0.2) is 27.5 Å². The zero-order chi connectivity index (χ0) is 15.3. The van der Waals surface area contributed by atoms with Gasteiger partial charge in [-0.15, -0.1) is 0 Å². The summed E-state index contributed by atoms with van der Waals surface area (Å²) in [5.41, 5.74) is 1.75. The number of hydrogen-bond donors (Lipinski definition) is 1. The summed E-state index contributed by atoms with van der Waals surface area (Å²) in [6, 6.07) is 0.0234. The molecular formula is C15H25N3O2. The van der Waals surface area contributed by atoms with E-state index in [1.165, 1.54) is 0 Å². The zero-order valence-corrected chi connectivity index (χ0v) is 13.1. The highest BCUT2D eigenvalue weighted by molar-refractivity contribution is 6.43. The van der Waals surface area contributed by atoms with Crippen molar-refractivity contribution in [3.63, 3.8) is 0 Å². The first-order chi connectivity index (χ1) is 9.38. The normalized spacial score (nSPS) is 12.2. The number of ketones is 1. The number of amides is 1. The summed E-state index contributed by atoms with van der Waals surface area (Å²) < 4.78 is 1.63. The van der Waals surface area contributed by atoms with Gasteiger partial charge in [0.2, 0.25) is 0 Å². The quantitative estimate of drug-likeness (QED) is 0.473. The van der Waals surface area contributed by atoms with Gasteiger partial charge < -0.3 is 5.32 Å². The Morgan fingerprint density at radius 1 is 1.30 bits per heavy atom. The highest BCUT2D eigenvalue weighted by atomic mass is 16.2. The Morgan fingerprint density at radius 3 is 2.45 bits per heavy atom. The largest absolute Gasteiger partial charge is 0.347 e. The molecule has 112 valence electrons. The molecule has 0 fully saturated rings. The molecule has 1 amide bonds. The monoisotopic (exact) mass is 279 g/mol. The molecule has 0 saturated carbocycles. The summed E-state index contributed by atoms with van der Waals surface area (Å²) in [7, 11) is 1.77. The fourth-order valence-corrected chi connectivity index (χ4v) is 2.28. The second-order valence-electron chi connectivity index (χ2n) is 5.37. The predicted molar refractivity (Wildman–Crippen MR) is 78.8 cm³/mol. The van der Waals surface area contributed by atoms with E-state index in [-0.39, 0.29) is 6.04 Å². The maximum atomic E-state index is 12.2. The third-order valence-electron chi connectivity index (χ3n) is 3.56. The van der Waals surface area contributed by atoms with E-state index < -0.39 is 11.7 Å². The number of rotatable bonds is 7. The van der Waals surface area contributed by atoms with Crippen molar-refractivity contribution >= 4 is 11.7 Å². The SMILES string of the molecule is CCCCCC(C)NC(=O)C(=O)c1c(C)nn(C)c1C. The average molecular weight is 279 g/mol. The molecule has 0 aromatic carbocycles. The third-order valence-corrected chi connectivity index (χ3v) is 3.56. The van der Waals surface area contributed by atoms with Crippen LogP contribution in [0.1, 0.15) is 61.3 Å². The van der Waals surface area contributed by atoms with Crippen LogP contribution in [-0.2, 0) is 11.8 Å². The number of carbonyl (C=O) groups excluding carboxylic acids is 2. The Kier molecular flexibility index (Phi) is 5.92. The van der Waals surface area contributed by atoms with Crippen LogP contribution < -0.4 is 5.32 Å². The van der Waals surface area contributed by atoms with Gasteiger partial charge in [-0.25, -0.2) is 0 Å². The van der Waals surface area contributed by atoms with Crippen molar-refractivity contribution in [1.29, 1.82) is 0 Å². The van der Waals surface area contributed by atoms with Gasteiger partial charge in [0.15, 0.2) is 0 Å². The first-order valence-electron chi connectivity index (χ1n) is 7.23. The number of aryl methyl sites for hydroxylation is 2. The van der Waals surface area contributed by atoms with E-state index in [2.05, 4.69) is 17.3 Å². The molecule has 1 aromatic rings. The fourth-order valence-electron chi connectivity index (χ4n) is 2.28. The van der Waals surface area contributed by atoms with Gasteiger partial charge in [-0.3, -0.25) is 14.3 Å². The molecule has 5 nitrogen and oxygen atoms in total. The lowest BCUT2D eigenvalue weighted by Crippen LogP contribution is -2.38. The second-order valence-corrected chi connectivity index (χ2v) is 5.37. The molecule has 1 rings (SSSR count). The van der Waals surface area contributed by atoms with Gasteiger partial charge in [0.1, 0.15) is 0 Å². The maximum absolute atomic E-state index is 12.2. The van der Waals surface area contributed by atoms with Crippen molar-refractivity contribution in [3.8, 4) is 0 Å². The van der Waals surface area contributed by atoms with Gasteiger partial charge in [-0.1, -0.05) is 26.2 Å². The van der Waals surface area contributed by atoms with Crippen LogP contribution in [0.15, 0.2) is 0 Å². The highest BCUT2D eigenvalue weighted by Crippen LogP contribution is 2.13. The first-order valence-corrected chi connectivity index (χ1v) is 7.23. The predicted octanol–water partition coefficient (Wildman–Crippen LogP) is 2.30. The lowest BCUT2D eigenvalue weighted by Gasteiger charge is -2.13. The summed E-state index contributed by atoms with van der Waals surface area (Å²) in [5.74, 6) is -1.02. The number of nitrogens with one attached hydrogen (secondary N) is 1. The molecule has 0 spiro atoms. The van der Waals surface area contributed by atoms with E-state index in [0.717, 1.165) is 31.4 Å². The van der Waals surface area contributed by atoms with Crippen molar-refractivity contribution < 1.29 is 9.59 Å². The summed E-state index contributed by atoms with van der Waals surface area (Å²) in [4.78, 5) is 24.2. The number of hydrogen-bond acceptors (Lipinski definition) is 3. The first kappa shape index (κ1) is 16.4.